The summed E-state index contributed by atoms with van der Waals surface area (Å²) in [5, 5.41) is 81.1. The first-order valence-corrected chi connectivity index (χ1v) is 39.9. The van der Waals surface area contributed by atoms with E-state index in [1.54, 1.807) is 41.1 Å². The van der Waals surface area contributed by atoms with Crippen molar-refractivity contribution in [1.82, 2.24) is 57.0 Å². The van der Waals surface area contributed by atoms with E-state index in [9.17, 15) is 68.4 Å². The summed E-state index contributed by atoms with van der Waals surface area (Å²) in [6.45, 7) is 10.1. The van der Waals surface area contributed by atoms with Crippen LogP contribution in [0.25, 0.3) is 0 Å². The van der Waals surface area contributed by atoms with Crippen LogP contribution in [0.15, 0.2) is 89.2 Å². The van der Waals surface area contributed by atoms with Crippen LogP contribution in [-0.2, 0) is 81.4 Å². The van der Waals surface area contributed by atoms with Crippen LogP contribution in [0.2, 0.25) is 0 Å². The van der Waals surface area contributed by atoms with Gasteiger partial charge in [0.25, 0.3) is 0 Å². The van der Waals surface area contributed by atoms with Crippen LogP contribution in [0, 0.1) is 0 Å². The fourth-order valence-corrected chi connectivity index (χ4v) is 11.9. The standard InChI is InChI=1S/C78H112N16O23S/c1-55(95)79-25-5-3-15-65(73(102)103)88-71(99)63(87-69(96)24-34-110-41-47-116-48-46-115-40-33-94-54-68(90-91-94)57-11-8-12-59(49-57)85-76(108)80-26-6-4-16-66(74(104)105)89-77(109)81-28-10-18-70(97)98)14-2-7-27-82-78(118)86-58-21-19-56(20-22-58)23-35-117-62-50-61(84-67(51-62)75(106)107)53-93-31-38-113-44-42-111-36-29-92(30-37-112-43-45-114-39-32-93)52-60-13-9-17-64(83-60)72(100)101/h8-9,11-13,17,19-22,49-51,54,63,65-66,68H,2-7,10,14-16,18,23-48,52-53H2,1H3,(H13-,79,80,81,82,85,86,87,88,89,95,96,97,98,99,100,101,102,103,104,105,106,107,108,109,118)/p+1. The van der Waals surface area contributed by atoms with Crippen molar-refractivity contribution < 1.29 is 116 Å². The van der Waals surface area contributed by atoms with E-state index in [0.29, 0.717) is 197 Å². The molecule has 2 aliphatic heterocycles. The fraction of sp³-hybridized carbons (Fsp3) is 0.564. The monoisotopic (exact) mass is 1670 g/mol. The molecule has 118 heavy (non-hydrogen) atoms. The average Bonchev–Trinajstić information content (AvgIpc) is 1.60. The van der Waals surface area contributed by atoms with Crippen LogP contribution in [0.1, 0.15) is 134 Å². The Morgan fingerprint density at radius 1 is 0.525 bits per heavy atom. The number of aromatic carboxylic acids is 2. The van der Waals surface area contributed by atoms with Gasteiger partial charge in [0, 0.05) is 126 Å². The zero-order chi connectivity index (χ0) is 84.9. The fourth-order valence-electron chi connectivity index (χ4n) is 11.7. The van der Waals surface area contributed by atoms with Gasteiger partial charge in [0.15, 0.2) is 10.8 Å². The van der Waals surface area contributed by atoms with E-state index >= 15 is 0 Å². The molecule has 14 N–H and O–H groups in total. The van der Waals surface area contributed by atoms with Crippen molar-refractivity contribution in [1.29, 1.82) is 0 Å². The summed E-state index contributed by atoms with van der Waals surface area (Å²) in [5.74, 6) is -6.76. The molecular weight excluding hydrogens is 1560 g/mol. The van der Waals surface area contributed by atoms with Gasteiger partial charge in [-0.3, -0.25) is 29.0 Å². The number of urea groups is 2. The number of hydrogen-bond donors (Lipinski definition) is 14. The van der Waals surface area contributed by atoms with Gasteiger partial charge in [0.05, 0.1) is 110 Å². The maximum Gasteiger partial charge on any atom is 0.354 e. The summed E-state index contributed by atoms with van der Waals surface area (Å²) in [4.78, 5) is 134. The molecule has 2 aromatic heterocycles. The lowest BCUT2D eigenvalue weighted by Gasteiger charge is -2.23. The first kappa shape index (κ1) is 96.3. The maximum atomic E-state index is 13.7. The van der Waals surface area contributed by atoms with Gasteiger partial charge in [-0.15, -0.1) is 4.68 Å². The number of ether oxygens (including phenoxy) is 8. The molecule has 2 aromatic carbocycles. The molecular formula is C78H113N16O23S+. The number of rotatable bonds is 50. The van der Waals surface area contributed by atoms with Crippen LogP contribution >= 0.6 is 12.2 Å². The number of aliphatic carboxylic acids is 3. The number of carbonyl (C=O) groups excluding carboxylic acids is 5. The molecule has 648 valence electrons. The molecule has 1 fully saturated rings. The number of hydrogen-bond acceptors (Lipinski definition) is 25. The third-order valence-electron chi connectivity index (χ3n) is 17.9. The van der Waals surface area contributed by atoms with E-state index in [2.05, 4.69) is 78.0 Å². The number of pyridine rings is 2. The Morgan fingerprint density at radius 2 is 1.08 bits per heavy atom. The minimum atomic E-state index is -1.24. The highest BCUT2D eigenvalue weighted by Crippen LogP contribution is 2.24. The SMILES string of the molecule is CC(=O)NCCCCC(NC(=O)C(CCCCNC(=S)Nc1ccc(CCOc2cc(CN3CCOCCOCCN(Cc4cccc(C(=O)O)n4)CCOCCOCC3)nc(C(=O)O)c2)cc1)NC(=O)CCOCCOCCOCC[N+]1=CC(c2cccc(NC(=O)NCCCCC(NC(=O)NCCCC(=O)O)C(=O)O)c2)N=N1)C(=O)O. The second-order valence-electron chi connectivity index (χ2n) is 27.3. The van der Waals surface area contributed by atoms with Crippen LogP contribution < -0.4 is 52.6 Å². The van der Waals surface area contributed by atoms with Crippen LogP contribution in [-0.4, -0.2) is 297 Å². The van der Waals surface area contributed by atoms with E-state index in [0.717, 1.165) is 11.1 Å². The Morgan fingerprint density at radius 3 is 1.69 bits per heavy atom. The molecule has 0 spiro atoms. The van der Waals surface area contributed by atoms with Crippen molar-refractivity contribution in [3.05, 3.63) is 113 Å². The lowest BCUT2D eigenvalue weighted by atomic mass is 10.1. The summed E-state index contributed by atoms with van der Waals surface area (Å²) in [6, 6.07) is 17.6. The largest absolute Gasteiger partial charge is 0.493 e. The number of carbonyl (C=O) groups is 10. The molecule has 0 saturated carbocycles. The normalized spacial score (nSPS) is 15.3. The molecule has 6 rings (SSSR count). The van der Waals surface area contributed by atoms with Gasteiger partial charge in [-0.25, -0.2) is 38.7 Å². The second kappa shape index (κ2) is 56.7. The van der Waals surface area contributed by atoms with Gasteiger partial charge in [-0.1, -0.05) is 30.3 Å². The number of carboxylic acid groups (broad SMARTS) is 5. The van der Waals surface area contributed by atoms with E-state index in [1.165, 1.54) is 19.1 Å². The van der Waals surface area contributed by atoms with E-state index in [4.69, 9.17) is 55.2 Å². The van der Waals surface area contributed by atoms with Gasteiger partial charge >= 0.3 is 41.9 Å². The number of benzene rings is 2. The Labute approximate surface area is 689 Å². The van der Waals surface area contributed by atoms with E-state index in [1.807, 2.05) is 36.5 Å². The molecule has 2 aliphatic rings. The zero-order valence-electron chi connectivity index (χ0n) is 66.6. The highest BCUT2D eigenvalue weighted by molar-refractivity contribution is 7.80. The number of amides is 7. The Kier molecular flexibility index (Phi) is 46.3. The first-order valence-electron chi connectivity index (χ1n) is 39.5. The van der Waals surface area contributed by atoms with Gasteiger partial charge < -0.3 is 111 Å². The third kappa shape index (κ3) is 42.0. The molecule has 7 amide bonds. The third-order valence-corrected chi connectivity index (χ3v) is 18.1. The predicted octanol–water partition coefficient (Wildman–Crippen LogP) is 4.25. The Balaban J connectivity index is 0.847. The number of nitrogens with zero attached hydrogens (tertiary/aromatic N) is 7. The van der Waals surface area contributed by atoms with Crippen molar-refractivity contribution in [3.63, 3.8) is 0 Å². The topological polar surface area (TPSA) is 514 Å². The Hall–Kier alpha value is -10.6. The van der Waals surface area contributed by atoms with Crippen LogP contribution in [0.3, 0.4) is 0 Å². The molecule has 1 saturated heterocycles. The summed E-state index contributed by atoms with van der Waals surface area (Å²) in [7, 11) is 0. The highest BCUT2D eigenvalue weighted by Gasteiger charge is 2.28. The molecule has 0 aliphatic carbocycles. The quantitative estimate of drug-likeness (QED) is 0.0167. The lowest BCUT2D eigenvalue weighted by Crippen LogP contribution is -2.51. The molecule has 4 heterocycles. The summed E-state index contributed by atoms with van der Waals surface area (Å²) in [5.41, 5.74) is 3.87. The summed E-state index contributed by atoms with van der Waals surface area (Å²) >= 11 is 5.59. The molecule has 0 bridgehead atoms. The summed E-state index contributed by atoms with van der Waals surface area (Å²) in [6.07, 6.45) is 5.36. The number of anilines is 2. The number of nitrogens with one attached hydrogen (secondary N) is 9. The minimum Gasteiger partial charge on any atom is -0.493 e. The average molecular weight is 1670 g/mol. The maximum absolute atomic E-state index is 13.7. The van der Waals surface area contributed by atoms with Crippen LogP contribution in [0.5, 0.6) is 5.75 Å². The number of unbranched alkanes of at least 4 members (excludes halogenated alkanes) is 3. The predicted molar refractivity (Wildman–Crippen MR) is 432 cm³/mol. The highest BCUT2D eigenvalue weighted by atomic mass is 32.1. The number of aromatic nitrogens is 2. The smallest absolute Gasteiger partial charge is 0.354 e. The van der Waals surface area contributed by atoms with E-state index < -0.39 is 77.9 Å². The molecule has 40 heteroatoms. The number of carboxylic acids is 5. The molecule has 4 unspecified atom stereocenters. The van der Waals surface area contributed by atoms with Gasteiger partial charge in [-0.05, 0) is 118 Å². The Bertz CT molecular complexity index is 3850. The number of thiocarbonyl (C=S) groups is 1. The molecule has 0 radical (unpaired) electrons. The van der Waals surface area contributed by atoms with Gasteiger partial charge in [0.1, 0.15) is 47.6 Å². The summed E-state index contributed by atoms with van der Waals surface area (Å²) < 4.78 is 48.3. The first-order chi connectivity index (χ1) is 57.0. The molecule has 39 nitrogen and oxygen atoms in total. The lowest BCUT2D eigenvalue weighted by molar-refractivity contribution is -0.534. The molecule has 4 aromatic rings. The van der Waals surface area contributed by atoms with Crippen molar-refractivity contribution >= 4 is 94.5 Å². The van der Waals surface area contributed by atoms with Gasteiger partial charge in [0.2, 0.25) is 23.8 Å². The minimum absolute atomic E-state index is 0.0130. The van der Waals surface area contributed by atoms with Crippen molar-refractivity contribution in [2.45, 2.75) is 128 Å². The van der Waals surface area contributed by atoms with Crippen molar-refractivity contribution in [2.75, 3.05) is 169 Å². The van der Waals surface area contributed by atoms with E-state index in [-0.39, 0.29) is 109 Å². The van der Waals surface area contributed by atoms with Crippen molar-refractivity contribution in [2.24, 2.45) is 10.3 Å². The molecule has 4 atom stereocenters. The second-order valence-corrected chi connectivity index (χ2v) is 27.7. The van der Waals surface area contributed by atoms with Crippen LogP contribution in [0.4, 0.5) is 21.0 Å². The van der Waals surface area contributed by atoms with Gasteiger partial charge in [-0.2, -0.15) is 0 Å². The van der Waals surface area contributed by atoms with Crippen molar-refractivity contribution in [3.8, 4) is 5.75 Å². The zero-order valence-corrected chi connectivity index (χ0v) is 67.4.